The zero-order valence-corrected chi connectivity index (χ0v) is 18.3. The zero-order chi connectivity index (χ0) is 23.2. The van der Waals surface area contributed by atoms with Gasteiger partial charge in [0.25, 0.3) is 11.4 Å². The molecule has 0 atom stereocenters. The number of nitro benzene ring substituents is 2. The van der Waals surface area contributed by atoms with Crippen molar-refractivity contribution in [3.05, 3.63) is 68.8 Å². The molecule has 3 rings (SSSR count). The molecule has 10 heteroatoms. The van der Waals surface area contributed by atoms with Gasteiger partial charge in [-0.1, -0.05) is 0 Å². The third-order valence-electron chi connectivity index (χ3n) is 6.71. The molecule has 0 bridgehead atoms. The lowest BCUT2D eigenvalue weighted by Gasteiger charge is -2.49. The Bertz CT molecular complexity index is 847. The monoisotopic (exact) mass is 444 g/mol. The molecule has 0 aliphatic carbocycles. The molecule has 0 aromatic heterocycles. The molecule has 0 saturated carbocycles. The average Bonchev–Trinajstić information content (AvgIpc) is 2.82. The first-order valence-corrected chi connectivity index (χ1v) is 11.0. The van der Waals surface area contributed by atoms with Gasteiger partial charge in [-0.2, -0.15) is 0 Å². The summed E-state index contributed by atoms with van der Waals surface area (Å²) in [5.41, 5.74) is 13.9. The third-order valence-corrected chi connectivity index (χ3v) is 6.71. The molecule has 10 nitrogen and oxygen atoms in total. The van der Waals surface area contributed by atoms with Gasteiger partial charge >= 0.3 is 0 Å². The molecular weight excluding hydrogens is 412 g/mol. The highest BCUT2D eigenvalue weighted by Crippen LogP contribution is 2.34. The van der Waals surface area contributed by atoms with Gasteiger partial charge in [-0.3, -0.25) is 29.2 Å². The Hall–Kier alpha value is -2.92. The summed E-state index contributed by atoms with van der Waals surface area (Å²) in [7, 11) is 0. The lowest BCUT2D eigenvalue weighted by atomic mass is 10.1. The molecule has 1 saturated heterocycles. The fraction of sp³-hybridized carbons (Fsp3) is 0.455. The molecular formula is C22H32N6O4+2. The van der Waals surface area contributed by atoms with Crippen LogP contribution in [-0.4, -0.2) is 62.2 Å². The average molecular weight is 445 g/mol. The van der Waals surface area contributed by atoms with Crippen LogP contribution in [0.5, 0.6) is 0 Å². The number of nitrogens with two attached hydrogens (primary N) is 2. The van der Waals surface area contributed by atoms with Crippen molar-refractivity contribution >= 4 is 22.7 Å². The van der Waals surface area contributed by atoms with E-state index in [-0.39, 0.29) is 21.2 Å². The van der Waals surface area contributed by atoms with E-state index in [4.69, 9.17) is 11.5 Å². The van der Waals surface area contributed by atoms with E-state index < -0.39 is 0 Å². The quantitative estimate of drug-likeness (QED) is 0.328. The molecule has 0 unspecified atom stereocenters. The molecule has 2 aromatic rings. The Morgan fingerprint density at radius 2 is 0.969 bits per heavy atom. The summed E-state index contributed by atoms with van der Waals surface area (Å²) < 4.78 is 1.45. The normalized spacial score (nSPS) is 23.1. The Balaban J connectivity index is 1.90. The summed E-state index contributed by atoms with van der Waals surface area (Å²) >= 11 is 0. The number of quaternary nitrogens is 2. The summed E-state index contributed by atoms with van der Waals surface area (Å²) in [5.74, 6) is 0. The molecule has 2 aromatic carbocycles. The van der Waals surface area contributed by atoms with Crippen molar-refractivity contribution in [2.75, 3.05) is 52.4 Å². The van der Waals surface area contributed by atoms with Crippen LogP contribution in [0.25, 0.3) is 0 Å². The fourth-order valence-corrected chi connectivity index (χ4v) is 4.78. The van der Waals surface area contributed by atoms with Crippen LogP contribution in [0.2, 0.25) is 0 Å². The number of hydrogen-bond acceptors (Lipinski definition) is 6. The van der Waals surface area contributed by atoms with E-state index in [0.29, 0.717) is 13.1 Å². The Morgan fingerprint density at radius 1 is 0.656 bits per heavy atom. The number of non-ortho nitro benzene ring substituents is 2. The Kier molecular flexibility index (Phi) is 7.52. The summed E-state index contributed by atoms with van der Waals surface area (Å²) in [6.07, 6.45) is 1.72. The zero-order valence-electron chi connectivity index (χ0n) is 18.3. The van der Waals surface area contributed by atoms with Gasteiger partial charge < -0.3 is 11.5 Å². The summed E-state index contributed by atoms with van der Waals surface area (Å²) in [4.78, 5) is 21.4. The first-order valence-electron chi connectivity index (χ1n) is 11.0. The Labute approximate surface area is 187 Å². The molecule has 172 valence electrons. The second-order valence-corrected chi connectivity index (χ2v) is 8.46. The van der Waals surface area contributed by atoms with Crippen LogP contribution in [0, 0.1) is 20.2 Å². The molecule has 0 radical (unpaired) electrons. The number of benzene rings is 2. The molecule has 1 aliphatic rings. The van der Waals surface area contributed by atoms with Gasteiger partial charge in [-0.25, -0.2) is 0 Å². The van der Waals surface area contributed by atoms with Gasteiger partial charge in [-0.05, 0) is 13.1 Å². The predicted octanol–water partition coefficient (Wildman–Crippen LogP) is 2.53. The maximum absolute atomic E-state index is 11.1. The second-order valence-electron chi connectivity index (χ2n) is 8.46. The molecule has 0 amide bonds. The molecule has 1 aliphatic heterocycles. The number of piperazine rings is 1. The van der Waals surface area contributed by atoms with Gasteiger partial charge in [0.05, 0.1) is 22.9 Å². The third kappa shape index (κ3) is 4.94. The topological polar surface area (TPSA) is 138 Å². The number of rotatable bonds is 10. The van der Waals surface area contributed by atoms with E-state index in [1.165, 1.54) is 0 Å². The standard InChI is InChI=1S/C22H32N6O4/c23-11-1-13-27(21-7-3-19(4-8-21)25(29)30)15-17-28(18-16-27,14-2-12-24)22-9-5-20(6-10-22)26(31)32/h3-10H,1-2,11-18,23-24H2/q+2. The smallest absolute Gasteiger partial charge is 0.269 e. The van der Waals surface area contributed by atoms with Gasteiger partial charge in [0.15, 0.2) is 0 Å². The molecule has 1 fully saturated rings. The highest BCUT2D eigenvalue weighted by Gasteiger charge is 2.44. The molecule has 1 heterocycles. The minimum atomic E-state index is -0.381. The minimum absolute atomic E-state index is 0.0849. The van der Waals surface area contributed by atoms with Gasteiger partial charge in [0.1, 0.15) is 37.6 Å². The summed E-state index contributed by atoms with van der Waals surface area (Å²) in [6.45, 7) is 6.29. The molecule has 0 spiro atoms. The highest BCUT2D eigenvalue weighted by atomic mass is 16.6. The molecule has 32 heavy (non-hydrogen) atoms. The van der Waals surface area contributed by atoms with E-state index in [2.05, 4.69) is 0 Å². The SMILES string of the molecule is NCCC[N+]1(c2ccc([N+](=O)[O-])cc2)CC[N+](CCCN)(c2ccc([N+](=O)[O-])cc2)CC1. The number of nitrogens with zero attached hydrogens (tertiary/aromatic N) is 4. The highest BCUT2D eigenvalue weighted by molar-refractivity contribution is 5.52. The first-order chi connectivity index (χ1) is 15.4. The van der Waals surface area contributed by atoms with Crippen molar-refractivity contribution in [2.45, 2.75) is 12.8 Å². The maximum atomic E-state index is 11.1. The van der Waals surface area contributed by atoms with Crippen LogP contribution in [0.4, 0.5) is 22.7 Å². The first kappa shape index (κ1) is 23.7. The van der Waals surface area contributed by atoms with Crippen molar-refractivity contribution < 1.29 is 9.85 Å². The van der Waals surface area contributed by atoms with E-state index in [1.54, 1.807) is 24.3 Å². The minimum Gasteiger partial charge on any atom is -0.330 e. The largest absolute Gasteiger partial charge is 0.330 e. The van der Waals surface area contributed by atoms with E-state index in [9.17, 15) is 20.2 Å². The lowest BCUT2D eigenvalue weighted by Crippen LogP contribution is -2.69. The fourth-order valence-electron chi connectivity index (χ4n) is 4.78. The molecule has 4 N–H and O–H groups in total. The van der Waals surface area contributed by atoms with E-state index in [0.717, 1.165) is 72.5 Å². The van der Waals surface area contributed by atoms with Crippen molar-refractivity contribution in [1.29, 1.82) is 0 Å². The van der Waals surface area contributed by atoms with Crippen LogP contribution in [-0.2, 0) is 0 Å². The summed E-state index contributed by atoms with van der Waals surface area (Å²) in [6, 6.07) is 13.7. The van der Waals surface area contributed by atoms with Crippen LogP contribution in [0.3, 0.4) is 0 Å². The van der Waals surface area contributed by atoms with Gasteiger partial charge in [0.2, 0.25) is 0 Å². The maximum Gasteiger partial charge on any atom is 0.269 e. The lowest BCUT2D eigenvalue weighted by molar-refractivity contribution is -0.385. The van der Waals surface area contributed by atoms with E-state index in [1.807, 2.05) is 24.3 Å². The van der Waals surface area contributed by atoms with Gasteiger partial charge in [0, 0.05) is 61.4 Å². The van der Waals surface area contributed by atoms with Crippen LogP contribution >= 0.6 is 0 Å². The second kappa shape index (κ2) is 10.1. The van der Waals surface area contributed by atoms with Crippen molar-refractivity contribution in [3.63, 3.8) is 0 Å². The predicted molar refractivity (Wildman–Crippen MR) is 126 cm³/mol. The van der Waals surface area contributed by atoms with Crippen LogP contribution < -0.4 is 20.4 Å². The number of nitro groups is 2. The van der Waals surface area contributed by atoms with Crippen LogP contribution in [0.15, 0.2) is 48.5 Å². The van der Waals surface area contributed by atoms with Crippen molar-refractivity contribution in [2.24, 2.45) is 11.5 Å². The van der Waals surface area contributed by atoms with E-state index >= 15 is 0 Å². The van der Waals surface area contributed by atoms with Crippen LogP contribution in [0.1, 0.15) is 12.8 Å². The van der Waals surface area contributed by atoms with Crippen molar-refractivity contribution in [3.8, 4) is 0 Å². The number of hydrogen-bond donors (Lipinski definition) is 2. The van der Waals surface area contributed by atoms with Gasteiger partial charge in [-0.15, -0.1) is 0 Å². The van der Waals surface area contributed by atoms with Crippen molar-refractivity contribution in [1.82, 2.24) is 8.97 Å². The summed E-state index contributed by atoms with van der Waals surface area (Å²) in [5, 5.41) is 22.2. The Morgan fingerprint density at radius 3 is 1.22 bits per heavy atom.